The number of nitrogens with one attached hydrogen (secondary N) is 1. The normalized spacial score (nSPS) is 12.5. The topological polar surface area (TPSA) is 60.2 Å². The Morgan fingerprint density at radius 3 is 2.61 bits per heavy atom. The van der Waals surface area contributed by atoms with Gasteiger partial charge in [-0.05, 0) is 44.7 Å². The Morgan fingerprint density at radius 1 is 1.28 bits per heavy atom. The minimum Gasteiger partial charge on any atom is -0.476 e. The predicted octanol–water partition coefficient (Wildman–Crippen LogP) is 3.30. The summed E-state index contributed by atoms with van der Waals surface area (Å²) < 4.78 is 5.38. The van der Waals surface area contributed by atoms with Crippen molar-refractivity contribution in [2.75, 3.05) is 17.7 Å². The number of ether oxygens (including phenoxy) is 1. The second-order valence-electron chi connectivity index (χ2n) is 5.04. The third-order valence-corrected chi connectivity index (χ3v) is 2.74. The molecule has 1 aromatic heterocycles. The highest BCUT2D eigenvalue weighted by Crippen LogP contribution is 2.21. The minimum atomic E-state index is 0.401. The Hall–Kier alpha value is -1.45. The molecule has 0 bridgehead atoms. The van der Waals surface area contributed by atoms with E-state index < -0.39 is 0 Å². The quantitative estimate of drug-likeness (QED) is 0.780. The molecule has 4 heteroatoms. The van der Waals surface area contributed by atoms with Gasteiger partial charge in [-0.2, -0.15) is 4.98 Å². The van der Waals surface area contributed by atoms with Crippen LogP contribution in [0.25, 0.3) is 0 Å². The van der Waals surface area contributed by atoms with E-state index in [-0.39, 0.29) is 0 Å². The van der Waals surface area contributed by atoms with E-state index >= 15 is 0 Å². The smallest absolute Gasteiger partial charge is 0.239 e. The lowest BCUT2D eigenvalue weighted by Crippen LogP contribution is -2.17. The Labute approximate surface area is 110 Å². The van der Waals surface area contributed by atoms with Crippen LogP contribution in [-0.2, 0) is 0 Å². The van der Waals surface area contributed by atoms with Crippen LogP contribution in [0.5, 0.6) is 5.88 Å². The third-order valence-electron chi connectivity index (χ3n) is 2.74. The van der Waals surface area contributed by atoms with Crippen LogP contribution in [0.1, 0.15) is 40.5 Å². The minimum absolute atomic E-state index is 0.401. The Bertz CT molecular complexity index is 366. The molecule has 1 unspecified atom stereocenters. The maximum atomic E-state index is 5.79. The summed E-state index contributed by atoms with van der Waals surface area (Å²) in [5, 5.41) is 3.38. The van der Waals surface area contributed by atoms with E-state index in [1.165, 1.54) is 6.42 Å². The second-order valence-corrected chi connectivity index (χ2v) is 5.04. The summed E-state index contributed by atoms with van der Waals surface area (Å²) in [5.41, 5.74) is 6.37. The van der Waals surface area contributed by atoms with Gasteiger partial charge in [0.05, 0.1) is 12.3 Å². The van der Waals surface area contributed by atoms with Gasteiger partial charge in [0.25, 0.3) is 0 Å². The Morgan fingerprint density at radius 2 is 2.00 bits per heavy atom. The number of hydrogen-bond acceptors (Lipinski definition) is 4. The zero-order chi connectivity index (χ0) is 13.5. The monoisotopic (exact) mass is 251 g/mol. The van der Waals surface area contributed by atoms with Crippen molar-refractivity contribution in [3.63, 3.8) is 0 Å². The van der Waals surface area contributed by atoms with Gasteiger partial charge in [0.2, 0.25) is 5.88 Å². The molecule has 18 heavy (non-hydrogen) atoms. The number of nitrogens with zero attached hydrogens (tertiary/aromatic N) is 1. The van der Waals surface area contributed by atoms with Crippen LogP contribution in [0.2, 0.25) is 0 Å². The lowest BCUT2D eigenvalue weighted by Gasteiger charge is -2.16. The molecule has 0 aliphatic carbocycles. The van der Waals surface area contributed by atoms with E-state index in [0.29, 0.717) is 24.2 Å². The second kappa shape index (κ2) is 7.09. The first-order valence-corrected chi connectivity index (χ1v) is 6.68. The van der Waals surface area contributed by atoms with Gasteiger partial charge >= 0.3 is 0 Å². The molecule has 0 spiro atoms. The molecule has 0 aromatic carbocycles. The molecule has 1 atom stereocenters. The van der Waals surface area contributed by atoms with Crippen LogP contribution in [0, 0.1) is 5.92 Å². The van der Waals surface area contributed by atoms with Crippen molar-refractivity contribution in [2.24, 2.45) is 5.92 Å². The summed E-state index contributed by atoms with van der Waals surface area (Å²) in [5.74, 6) is 2.06. The summed E-state index contributed by atoms with van der Waals surface area (Å²) in [6.07, 6.45) is 2.34. The molecule has 1 heterocycles. The predicted molar refractivity (Wildman–Crippen MR) is 77.0 cm³/mol. The molecule has 0 amide bonds. The van der Waals surface area contributed by atoms with Crippen molar-refractivity contribution < 1.29 is 4.74 Å². The fourth-order valence-electron chi connectivity index (χ4n) is 1.69. The summed E-state index contributed by atoms with van der Waals surface area (Å²) >= 11 is 0. The van der Waals surface area contributed by atoms with E-state index in [0.717, 1.165) is 18.2 Å². The number of nitrogens with two attached hydrogens (primary N) is 1. The van der Waals surface area contributed by atoms with Crippen LogP contribution in [-0.4, -0.2) is 17.6 Å². The summed E-state index contributed by atoms with van der Waals surface area (Å²) in [6.45, 7) is 9.14. The zero-order valence-electron chi connectivity index (χ0n) is 11.9. The van der Waals surface area contributed by atoms with Gasteiger partial charge in [0.1, 0.15) is 5.82 Å². The van der Waals surface area contributed by atoms with Gasteiger partial charge in [0, 0.05) is 6.04 Å². The van der Waals surface area contributed by atoms with Crippen LogP contribution in [0.4, 0.5) is 11.5 Å². The average molecular weight is 251 g/mol. The van der Waals surface area contributed by atoms with Crippen LogP contribution < -0.4 is 15.8 Å². The van der Waals surface area contributed by atoms with E-state index in [9.17, 15) is 0 Å². The molecule has 0 saturated carbocycles. The van der Waals surface area contributed by atoms with Crippen molar-refractivity contribution >= 4 is 11.5 Å². The van der Waals surface area contributed by atoms with Gasteiger partial charge in [-0.25, -0.2) is 0 Å². The number of aromatic nitrogens is 1. The maximum Gasteiger partial charge on any atom is 0.239 e. The van der Waals surface area contributed by atoms with Crippen molar-refractivity contribution in [3.05, 3.63) is 12.1 Å². The molecule has 1 rings (SSSR count). The summed E-state index contributed by atoms with van der Waals surface area (Å²) in [4.78, 5) is 4.37. The number of pyridine rings is 1. The van der Waals surface area contributed by atoms with Gasteiger partial charge in [0.15, 0.2) is 0 Å². The summed E-state index contributed by atoms with van der Waals surface area (Å²) in [7, 11) is 0. The maximum absolute atomic E-state index is 5.79. The van der Waals surface area contributed by atoms with Crippen molar-refractivity contribution in [1.29, 1.82) is 0 Å². The van der Waals surface area contributed by atoms with E-state index in [1.807, 2.05) is 19.1 Å². The first-order valence-electron chi connectivity index (χ1n) is 6.68. The van der Waals surface area contributed by atoms with E-state index in [2.05, 4.69) is 31.1 Å². The van der Waals surface area contributed by atoms with E-state index in [1.54, 1.807) is 0 Å². The molecule has 0 radical (unpaired) electrons. The molecular formula is C14H25N3O. The molecule has 3 N–H and O–H groups in total. The summed E-state index contributed by atoms with van der Waals surface area (Å²) in [6, 6.07) is 4.12. The number of anilines is 2. The molecule has 102 valence electrons. The lowest BCUT2D eigenvalue weighted by molar-refractivity contribution is 0.329. The van der Waals surface area contributed by atoms with Crippen molar-refractivity contribution in [3.8, 4) is 5.88 Å². The largest absolute Gasteiger partial charge is 0.476 e. The fourth-order valence-corrected chi connectivity index (χ4v) is 1.69. The lowest BCUT2D eigenvalue weighted by atomic mass is 10.0. The van der Waals surface area contributed by atoms with Crippen LogP contribution in [0.3, 0.4) is 0 Å². The molecule has 0 aliphatic heterocycles. The van der Waals surface area contributed by atoms with Crippen molar-refractivity contribution in [1.82, 2.24) is 4.98 Å². The van der Waals surface area contributed by atoms with Gasteiger partial charge in [-0.1, -0.05) is 13.8 Å². The molecule has 4 nitrogen and oxygen atoms in total. The zero-order valence-corrected chi connectivity index (χ0v) is 11.9. The van der Waals surface area contributed by atoms with Gasteiger partial charge in [-0.3, -0.25) is 0 Å². The SMILES string of the molecule is CCOc1nc(NC(C)CCC(C)C)ccc1N. The van der Waals surface area contributed by atoms with Crippen LogP contribution >= 0.6 is 0 Å². The Balaban J connectivity index is 2.58. The first kappa shape index (κ1) is 14.6. The molecule has 0 aliphatic rings. The highest BCUT2D eigenvalue weighted by molar-refractivity contribution is 5.53. The third kappa shape index (κ3) is 4.82. The average Bonchev–Trinajstić information content (AvgIpc) is 2.31. The molecule has 0 fully saturated rings. The van der Waals surface area contributed by atoms with Gasteiger partial charge in [-0.15, -0.1) is 0 Å². The number of nitrogen functional groups attached to an aromatic ring is 1. The fraction of sp³-hybridized carbons (Fsp3) is 0.643. The van der Waals surface area contributed by atoms with Crippen LogP contribution in [0.15, 0.2) is 12.1 Å². The standard InChI is InChI=1S/C14H25N3O/c1-5-18-14-12(15)8-9-13(17-14)16-11(4)7-6-10(2)3/h8-11H,5-7,15H2,1-4H3,(H,16,17). The highest BCUT2D eigenvalue weighted by Gasteiger charge is 2.07. The number of rotatable bonds is 7. The first-order chi connectivity index (χ1) is 8.52. The van der Waals surface area contributed by atoms with Gasteiger partial charge < -0.3 is 15.8 Å². The van der Waals surface area contributed by atoms with E-state index in [4.69, 9.17) is 10.5 Å². The van der Waals surface area contributed by atoms with Crippen molar-refractivity contribution in [2.45, 2.75) is 46.6 Å². The molecule has 1 aromatic rings. The molecular weight excluding hydrogens is 226 g/mol. The number of hydrogen-bond donors (Lipinski definition) is 2. The highest BCUT2D eigenvalue weighted by atomic mass is 16.5. The molecule has 0 saturated heterocycles. The Kier molecular flexibility index (Phi) is 5.75.